The number of benzene rings is 1. The molecule has 0 spiro atoms. The minimum Gasteiger partial charge on any atom is -0.338 e. The second kappa shape index (κ2) is 8.24. The van der Waals surface area contributed by atoms with E-state index in [1.165, 1.54) is 6.26 Å². The van der Waals surface area contributed by atoms with Crippen molar-refractivity contribution in [3.05, 3.63) is 34.9 Å². The quantitative estimate of drug-likeness (QED) is 0.802. The predicted octanol–water partition coefficient (Wildman–Crippen LogP) is 2.00. The first-order valence-corrected chi connectivity index (χ1v) is 9.17. The van der Waals surface area contributed by atoms with Crippen LogP contribution in [0, 0.1) is 0 Å². The molecule has 1 atom stereocenters. The number of hydrogen-bond acceptors (Lipinski definition) is 3. The van der Waals surface area contributed by atoms with Gasteiger partial charge >= 0.3 is 6.03 Å². The summed E-state index contributed by atoms with van der Waals surface area (Å²) < 4.78 is 22.1. The minimum absolute atomic E-state index is 0.0636. The molecule has 7 heteroatoms. The van der Waals surface area contributed by atoms with E-state index in [2.05, 4.69) is 10.6 Å². The number of halogens is 1. The molecule has 0 aliphatic carbocycles. The first-order valence-electron chi connectivity index (χ1n) is 6.73. The Morgan fingerprint density at radius 1 is 1.33 bits per heavy atom. The molecule has 0 saturated carbocycles. The van der Waals surface area contributed by atoms with Crippen molar-refractivity contribution in [3.63, 3.8) is 0 Å². The largest absolute Gasteiger partial charge is 0.338 e. The van der Waals surface area contributed by atoms with E-state index in [-0.39, 0.29) is 17.8 Å². The molecule has 0 fully saturated rings. The van der Waals surface area contributed by atoms with Gasteiger partial charge in [-0.05, 0) is 31.4 Å². The highest BCUT2D eigenvalue weighted by molar-refractivity contribution is 7.90. The highest BCUT2D eigenvalue weighted by Gasteiger charge is 2.10. The van der Waals surface area contributed by atoms with Crippen LogP contribution in [0.2, 0.25) is 5.02 Å². The molecule has 0 bridgehead atoms. The van der Waals surface area contributed by atoms with Crippen LogP contribution in [0.15, 0.2) is 24.3 Å². The highest BCUT2D eigenvalue weighted by Crippen LogP contribution is 2.14. The molecule has 1 rings (SSSR count). The van der Waals surface area contributed by atoms with Gasteiger partial charge in [-0.15, -0.1) is 0 Å². The van der Waals surface area contributed by atoms with Crippen LogP contribution in [0.4, 0.5) is 4.79 Å². The maximum absolute atomic E-state index is 11.6. The van der Waals surface area contributed by atoms with Gasteiger partial charge in [0.15, 0.2) is 0 Å². The number of carbonyl (C=O) groups is 1. The molecule has 0 unspecified atom stereocenters. The summed E-state index contributed by atoms with van der Waals surface area (Å²) in [7, 11) is -3.00. The average Bonchev–Trinajstić information content (AvgIpc) is 2.38. The number of amides is 2. The second-order valence-electron chi connectivity index (χ2n) is 5.06. The first-order chi connectivity index (χ1) is 9.78. The van der Waals surface area contributed by atoms with Gasteiger partial charge in [-0.3, -0.25) is 0 Å². The molecule has 2 amide bonds. The van der Waals surface area contributed by atoms with Crippen molar-refractivity contribution in [2.75, 3.05) is 18.6 Å². The van der Waals surface area contributed by atoms with E-state index < -0.39 is 9.84 Å². The summed E-state index contributed by atoms with van der Waals surface area (Å²) in [5.41, 5.74) is 0.976. The molecule has 0 heterocycles. The van der Waals surface area contributed by atoms with Crippen molar-refractivity contribution < 1.29 is 13.2 Å². The Balaban J connectivity index is 2.27. The Kier molecular flexibility index (Phi) is 6.98. The van der Waals surface area contributed by atoms with Crippen molar-refractivity contribution in [3.8, 4) is 0 Å². The van der Waals surface area contributed by atoms with Crippen molar-refractivity contribution in [2.24, 2.45) is 0 Å². The Morgan fingerprint density at radius 2 is 2.00 bits per heavy atom. The fraction of sp³-hybridized carbons (Fsp3) is 0.500. The summed E-state index contributed by atoms with van der Waals surface area (Å²) in [6.45, 7) is 2.24. The van der Waals surface area contributed by atoms with Gasteiger partial charge in [-0.1, -0.05) is 29.8 Å². The van der Waals surface area contributed by atoms with Crippen LogP contribution in [0.5, 0.6) is 0 Å². The average molecular weight is 333 g/mol. The van der Waals surface area contributed by atoms with Gasteiger partial charge < -0.3 is 10.6 Å². The third-order valence-corrected chi connectivity index (χ3v) is 4.28. The van der Waals surface area contributed by atoms with Crippen LogP contribution in [-0.2, 0) is 16.3 Å². The normalized spacial score (nSPS) is 12.7. The molecular formula is C14H21ClN2O3S. The van der Waals surface area contributed by atoms with Crippen LogP contribution in [-0.4, -0.2) is 39.0 Å². The van der Waals surface area contributed by atoms with Gasteiger partial charge in [-0.25, -0.2) is 13.2 Å². The molecule has 0 aromatic heterocycles. The smallest absolute Gasteiger partial charge is 0.315 e. The molecule has 0 saturated heterocycles. The lowest BCUT2D eigenvalue weighted by Gasteiger charge is -2.14. The lowest BCUT2D eigenvalue weighted by atomic mass is 10.1. The minimum atomic E-state index is -3.00. The number of carbonyl (C=O) groups excluding carboxylic acids is 1. The summed E-state index contributed by atoms with van der Waals surface area (Å²) in [6, 6.07) is 6.98. The molecule has 0 aliphatic heterocycles. The Labute approximate surface area is 131 Å². The predicted molar refractivity (Wildman–Crippen MR) is 85.5 cm³/mol. The summed E-state index contributed by atoms with van der Waals surface area (Å²) in [5, 5.41) is 6.12. The molecule has 5 nitrogen and oxygen atoms in total. The van der Waals surface area contributed by atoms with Crippen LogP contribution < -0.4 is 10.6 Å². The monoisotopic (exact) mass is 332 g/mol. The van der Waals surface area contributed by atoms with Crippen LogP contribution in [0.3, 0.4) is 0 Å². The van der Waals surface area contributed by atoms with Crippen molar-refractivity contribution in [1.82, 2.24) is 10.6 Å². The van der Waals surface area contributed by atoms with E-state index in [1.54, 1.807) is 6.92 Å². The fourth-order valence-electron chi connectivity index (χ4n) is 1.75. The van der Waals surface area contributed by atoms with Gasteiger partial charge in [0, 0.05) is 23.9 Å². The summed E-state index contributed by atoms with van der Waals surface area (Å²) in [4.78, 5) is 11.6. The maximum Gasteiger partial charge on any atom is 0.315 e. The Bertz CT molecular complexity index is 575. The summed E-state index contributed by atoms with van der Waals surface area (Å²) in [5.74, 6) is 0.0636. The standard InChI is InChI=1S/C14H21ClN2O3S/c1-11(8-10-21(2,19)20)17-14(18)16-9-7-12-5-3-4-6-13(12)15/h3-6,11H,7-10H2,1-2H3,(H2,16,17,18)/t11-/m1/s1. The van der Waals surface area contributed by atoms with Gasteiger partial charge in [0.25, 0.3) is 0 Å². The topological polar surface area (TPSA) is 75.3 Å². The lowest BCUT2D eigenvalue weighted by Crippen LogP contribution is -2.42. The molecule has 118 valence electrons. The Hall–Kier alpha value is -1.27. The highest BCUT2D eigenvalue weighted by atomic mass is 35.5. The first kappa shape index (κ1) is 17.8. The molecule has 21 heavy (non-hydrogen) atoms. The maximum atomic E-state index is 11.6. The van der Waals surface area contributed by atoms with Crippen LogP contribution >= 0.6 is 11.6 Å². The zero-order valence-electron chi connectivity index (χ0n) is 12.2. The van der Waals surface area contributed by atoms with E-state index in [0.717, 1.165) is 5.56 Å². The molecule has 0 aliphatic rings. The van der Waals surface area contributed by atoms with E-state index >= 15 is 0 Å². The zero-order chi connectivity index (χ0) is 15.9. The molecule has 1 aromatic rings. The van der Waals surface area contributed by atoms with E-state index in [0.29, 0.717) is 24.4 Å². The van der Waals surface area contributed by atoms with E-state index in [4.69, 9.17) is 11.6 Å². The van der Waals surface area contributed by atoms with Gasteiger partial charge in [0.2, 0.25) is 0 Å². The number of hydrogen-bond donors (Lipinski definition) is 2. The lowest BCUT2D eigenvalue weighted by molar-refractivity contribution is 0.237. The van der Waals surface area contributed by atoms with Crippen molar-refractivity contribution in [1.29, 1.82) is 0 Å². The van der Waals surface area contributed by atoms with Gasteiger partial charge in [0.05, 0.1) is 5.75 Å². The van der Waals surface area contributed by atoms with Crippen molar-refractivity contribution in [2.45, 2.75) is 25.8 Å². The SMILES string of the molecule is C[C@H](CCS(C)(=O)=O)NC(=O)NCCc1ccccc1Cl. The number of rotatable bonds is 7. The number of urea groups is 1. The van der Waals surface area contributed by atoms with Crippen LogP contribution in [0.1, 0.15) is 18.9 Å². The molecule has 1 aromatic carbocycles. The third-order valence-electron chi connectivity index (χ3n) is 2.94. The molecule has 2 N–H and O–H groups in total. The van der Waals surface area contributed by atoms with Crippen LogP contribution in [0.25, 0.3) is 0 Å². The number of sulfone groups is 1. The van der Waals surface area contributed by atoms with E-state index in [1.807, 2.05) is 24.3 Å². The fourth-order valence-corrected chi connectivity index (χ4v) is 2.76. The summed E-state index contributed by atoms with van der Waals surface area (Å²) in [6.07, 6.45) is 2.23. The Morgan fingerprint density at radius 3 is 2.62 bits per heavy atom. The van der Waals surface area contributed by atoms with Gasteiger partial charge in [0.1, 0.15) is 9.84 Å². The number of nitrogens with one attached hydrogen (secondary N) is 2. The third kappa shape index (κ3) is 7.92. The molecule has 0 radical (unpaired) electrons. The molecular weight excluding hydrogens is 312 g/mol. The van der Waals surface area contributed by atoms with E-state index in [9.17, 15) is 13.2 Å². The zero-order valence-corrected chi connectivity index (χ0v) is 13.8. The van der Waals surface area contributed by atoms with Gasteiger partial charge in [-0.2, -0.15) is 0 Å². The summed E-state index contributed by atoms with van der Waals surface area (Å²) >= 11 is 6.02. The second-order valence-corrected chi connectivity index (χ2v) is 7.73. The van der Waals surface area contributed by atoms with Crippen molar-refractivity contribution >= 4 is 27.5 Å².